The maximum absolute atomic E-state index is 14.2. The molecule has 2 heterocycles. The lowest BCUT2D eigenvalue weighted by atomic mass is 9.87. The molecule has 0 aliphatic carbocycles. The van der Waals surface area contributed by atoms with Crippen LogP contribution in [0.3, 0.4) is 0 Å². The van der Waals surface area contributed by atoms with Crippen molar-refractivity contribution in [1.82, 2.24) is 9.97 Å². The molecule has 0 radical (unpaired) electrons. The van der Waals surface area contributed by atoms with Crippen LogP contribution in [0.15, 0.2) is 36.7 Å². The lowest BCUT2D eigenvalue weighted by Gasteiger charge is -2.42. The average Bonchev–Trinajstić information content (AvgIpc) is 3.19. The molecule has 0 aromatic carbocycles. The molecule has 0 saturated heterocycles. The lowest BCUT2D eigenvalue weighted by molar-refractivity contribution is -0.461. The normalized spacial score (nSPS) is 15.7. The molecule has 0 aliphatic rings. The molecule has 0 spiro atoms. The quantitative estimate of drug-likeness (QED) is 0.0819. The third kappa shape index (κ3) is 9.65. The summed E-state index contributed by atoms with van der Waals surface area (Å²) in [5.41, 5.74) is -0.438. The highest BCUT2D eigenvalue weighted by atomic mass is 19.4. The van der Waals surface area contributed by atoms with E-state index < -0.39 is 147 Å². The van der Waals surface area contributed by atoms with Gasteiger partial charge in [-0.3, -0.25) is 9.97 Å². The first kappa shape index (κ1) is 62.0. The summed E-state index contributed by atoms with van der Waals surface area (Å²) >= 11 is 0. The Morgan fingerprint density at radius 2 is 0.471 bits per heavy atom. The molecule has 0 N–H and O–H groups in total. The molecule has 2 rings (SSSR count). The molecular formula is C34H22F34N2. The SMILES string of the molecule is FC(F)(F)C(F)(F)C(F)(F)C(F)(F)C(F)(F)C(F)(F)C(F)(F)C(F)(F)CCCCc1ccc(-c2ccc(CCCCC(F)(F)C(F)(F)C(F)(F)C(F)(F)C(F)(F)C(F)(F)C(F)(F)C(F)(F)F)cn2)nc1. The number of pyridine rings is 2. The Hall–Kier alpha value is -4.08. The first-order valence-corrected chi connectivity index (χ1v) is 18.0. The molecule has 406 valence electrons. The van der Waals surface area contributed by atoms with E-state index in [0.29, 0.717) is 0 Å². The van der Waals surface area contributed by atoms with E-state index in [0.717, 1.165) is 36.7 Å². The van der Waals surface area contributed by atoms with Crippen LogP contribution in [0.5, 0.6) is 0 Å². The minimum atomic E-state index is -8.78. The summed E-state index contributed by atoms with van der Waals surface area (Å²) in [4.78, 5) is 7.56. The molecule has 0 aliphatic heterocycles. The van der Waals surface area contributed by atoms with Crippen molar-refractivity contribution >= 4 is 0 Å². The van der Waals surface area contributed by atoms with Crippen molar-refractivity contribution < 1.29 is 149 Å². The van der Waals surface area contributed by atoms with Gasteiger partial charge in [-0.2, -0.15) is 149 Å². The predicted molar refractivity (Wildman–Crippen MR) is 164 cm³/mol. The van der Waals surface area contributed by atoms with E-state index in [1.807, 2.05) is 0 Å². The zero-order chi connectivity index (χ0) is 55.6. The molecule has 0 bridgehead atoms. The van der Waals surface area contributed by atoms with Crippen LogP contribution in [0.25, 0.3) is 11.4 Å². The number of halogens is 34. The first-order valence-electron chi connectivity index (χ1n) is 18.0. The molecule has 2 nitrogen and oxygen atoms in total. The highest BCUT2D eigenvalue weighted by Gasteiger charge is 2.96. The van der Waals surface area contributed by atoms with Gasteiger partial charge in [-0.05, 0) is 61.8 Å². The first-order chi connectivity index (χ1) is 30.6. The molecule has 2 aromatic heterocycles. The zero-order valence-corrected chi connectivity index (χ0v) is 32.9. The molecule has 0 fully saturated rings. The molecule has 0 amide bonds. The van der Waals surface area contributed by atoms with E-state index in [1.165, 1.54) is 0 Å². The van der Waals surface area contributed by atoms with E-state index in [9.17, 15) is 149 Å². The monoisotopic (exact) mass is 1100 g/mol. The third-order valence-electron chi connectivity index (χ3n) is 9.90. The van der Waals surface area contributed by atoms with Crippen molar-refractivity contribution in [2.45, 2.75) is 147 Å². The smallest absolute Gasteiger partial charge is 0.254 e. The number of rotatable bonds is 23. The Kier molecular flexibility index (Phi) is 16.3. The van der Waals surface area contributed by atoms with Crippen molar-refractivity contribution in [2.75, 3.05) is 0 Å². The average molecular weight is 1100 g/mol. The maximum Gasteiger partial charge on any atom is 0.460 e. The molecule has 0 saturated carbocycles. The zero-order valence-electron chi connectivity index (χ0n) is 32.9. The highest BCUT2D eigenvalue weighted by Crippen LogP contribution is 2.66. The summed E-state index contributed by atoms with van der Waals surface area (Å²) in [5, 5.41) is 0. The lowest BCUT2D eigenvalue weighted by Crippen LogP contribution is -2.74. The van der Waals surface area contributed by atoms with Gasteiger partial charge < -0.3 is 0 Å². The van der Waals surface area contributed by atoms with Gasteiger partial charge in [0.1, 0.15) is 0 Å². The van der Waals surface area contributed by atoms with Crippen molar-refractivity contribution in [1.29, 1.82) is 0 Å². The van der Waals surface area contributed by atoms with Crippen LogP contribution in [0.2, 0.25) is 0 Å². The largest absolute Gasteiger partial charge is 0.460 e. The van der Waals surface area contributed by atoms with Crippen molar-refractivity contribution in [3.05, 3.63) is 47.8 Å². The second kappa shape index (κ2) is 18.4. The highest BCUT2D eigenvalue weighted by molar-refractivity contribution is 5.54. The Morgan fingerprint density at radius 3 is 0.671 bits per heavy atom. The van der Waals surface area contributed by atoms with Crippen LogP contribution in [-0.4, -0.2) is 105 Å². The van der Waals surface area contributed by atoms with Gasteiger partial charge in [0.05, 0.1) is 11.4 Å². The van der Waals surface area contributed by atoms with Crippen molar-refractivity contribution in [3.63, 3.8) is 0 Å². The van der Waals surface area contributed by atoms with E-state index in [2.05, 4.69) is 9.97 Å². The van der Waals surface area contributed by atoms with Gasteiger partial charge in [-0.25, -0.2) is 0 Å². The number of aromatic nitrogens is 2. The Balaban J connectivity index is 2.08. The fourth-order valence-corrected chi connectivity index (χ4v) is 5.51. The van der Waals surface area contributed by atoms with Gasteiger partial charge in [0.15, 0.2) is 0 Å². The summed E-state index contributed by atoms with van der Waals surface area (Å²) in [5.74, 6) is -115. The number of unbranched alkanes of at least 4 members (excludes halogenated alkanes) is 2. The minimum absolute atomic E-state index is 0.0710. The Morgan fingerprint density at radius 1 is 0.257 bits per heavy atom. The fraction of sp³-hybridized carbons (Fsp3) is 0.706. The van der Waals surface area contributed by atoms with Gasteiger partial charge in [-0.1, -0.05) is 12.1 Å². The molecular weight excluding hydrogens is 1080 g/mol. The van der Waals surface area contributed by atoms with Gasteiger partial charge in [-0.15, -0.1) is 0 Å². The van der Waals surface area contributed by atoms with Crippen LogP contribution in [-0.2, 0) is 12.8 Å². The summed E-state index contributed by atoms with van der Waals surface area (Å²) in [6.07, 6.45) is -25.2. The second-order valence-corrected chi connectivity index (χ2v) is 14.8. The third-order valence-corrected chi connectivity index (χ3v) is 9.90. The minimum Gasteiger partial charge on any atom is -0.254 e. The fourth-order valence-electron chi connectivity index (χ4n) is 5.51. The summed E-state index contributed by atoms with van der Waals surface area (Å²) in [7, 11) is 0. The van der Waals surface area contributed by atoms with Gasteiger partial charge >= 0.3 is 95.3 Å². The number of aryl methyl sites for hydroxylation is 2. The predicted octanol–water partition coefficient (Wildman–Crippen LogP) is 15.6. The van der Waals surface area contributed by atoms with E-state index in [-0.39, 0.29) is 22.5 Å². The van der Waals surface area contributed by atoms with Crippen LogP contribution in [0.4, 0.5) is 149 Å². The summed E-state index contributed by atoms with van der Waals surface area (Å²) < 4.78 is 457. The molecule has 0 atom stereocenters. The number of hydrogen-bond acceptors (Lipinski definition) is 2. The van der Waals surface area contributed by atoms with Crippen LogP contribution >= 0.6 is 0 Å². The molecule has 0 unspecified atom stereocenters. The number of alkyl halides is 34. The van der Waals surface area contributed by atoms with E-state index in [4.69, 9.17) is 0 Å². The summed E-state index contributed by atoms with van der Waals surface area (Å²) in [6, 6.07) is 4.14. The molecule has 2 aromatic rings. The van der Waals surface area contributed by atoms with Gasteiger partial charge in [0.2, 0.25) is 0 Å². The van der Waals surface area contributed by atoms with Crippen molar-refractivity contribution in [2.24, 2.45) is 0 Å². The second-order valence-electron chi connectivity index (χ2n) is 14.8. The number of nitrogens with zero attached hydrogens (tertiary/aromatic N) is 2. The van der Waals surface area contributed by atoms with Crippen LogP contribution < -0.4 is 0 Å². The van der Waals surface area contributed by atoms with Gasteiger partial charge in [0, 0.05) is 25.2 Å². The topological polar surface area (TPSA) is 25.8 Å². The number of hydrogen-bond donors (Lipinski definition) is 0. The van der Waals surface area contributed by atoms with Gasteiger partial charge in [0.25, 0.3) is 0 Å². The van der Waals surface area contributed by atoms with Crippen LogP contribution in [0.1, 0.15) is 49.7 Å². The van der Waals surface area contributed by atoms with Crippen molar-refractivity contribution in [3.8, 4) is 11.4 Å². The summed E-state index contributed by atoms with van der Waals surface area (Å²) in [6.45, 7) is 0. The Bertz CT molecular complexity index is 1920. The molecule has 70 heavy (non-hydrogen) atoms. The van der Waals surface area contributed by atoms with E-state index in [1.54, 1.807) is 0 Å². The molecule has 36 heteroatoms. The van der Waals surface area contributed by atoms with E-state index >= 15 is 0 Å². The maximum atomic E-state index is 14.2. The standard InChI is InChI=1S/C34H22F34N2/c35-19(36,21(39,40)23(43,44)25(47,48)27(51,52)29(55,56)31(59,60)33(63,64)65)11-3-1-5-15-7-9-17(69-13-15)18-10-8-16(14-70-18)6-2-4-12-20(37,38)22(41,42)24(45,46)26(49,50)28(53,54)30(57,58)32(61,62)34(66,67)68/h7-10,13-14H,1-6,11-12H2. The van der Waals surface area contributed by atoms with Crippen LogP contribution in [0, 0.1) is 0 Å². The Labute approximate surface area is 365 Å².